The van der Waals surface area contributed by atoms with Crippen molar-refractivity contribution >= 4 is 5.69 Å². The number of ether oxygens (including phenoxy) is 1. The van der Waals surface area contributed by atoms with E-state index < -0.39 is 35.1 Å². The number of aliphatic hydroxyl groups is 2. The van der Waals surface area contributed by atoms with E-state index in [1.807, 2.05) is 6.07 Å². The third-order valence-electron chi connectivity index (χ3n) is 6.31. The zero-order valence-corrected chi connectivity index (χ0v) is 16.9. The fourth-order valence-electron chi connectivity index (χ4n) is 4.60. The van der Waals surface area contributed by atoms with Gasteiger partial charge in [0.1, 0.15) is 18.0 Å². The Hall–Kier alpha value is -3.27. The van der Waals surface area contributed by atoms with Crippen LogP contribution in [0.2, 0.25) is 0 Å². The molecule has 2 aliphatic rings. The predicted octanol–water partition coefficient (Wildman–Crippen LogP) is 3.37. The Morgan fingerprint density at radius 3 is 2.47 bits per heavy atom. The Balaban J connectivity index is 1.62. The Labute approximate surface area is 182 Å². The number of hydrogen-bond donors (Lipinski definition) is 3. The standard InChI is InChI=1S/C23H20F3N3O3/c24-23(25,26)18-8-15-7-14-3-6-20(30)22(31,21(14)29-19(15)9-16(18)11-28)12-32-17-4-1-13(10-27)2-5-17/h1-2,4-5,8-9,14,20-21,29-31H,3,6-7,12H2. The maximum Gasteiger partial charge on any atom is 0.417 e. The first-order valence-corrected chi connectivity index (χ1v) is 10.1. The molecule has 0 spiro atoms. The number of hydrogen-bond acceptors (Lipinski definition) is 6. The van der Waals surface area contributed by atoms with Crippen LogP contribution < -0.4 is 10.1 Å². The van der Waals surface area contributed by atoms with Gasteiger partial charge in [0, 0.05) is 5.69 Å². The molecule has 0 saturated heterocycles. The van der Waals surface area contributed by atoms with E-state index in [9.17, 15) is 28.6 Å². The van der Waals surface area contributed by atoms with Crippen LogP contribution in [0, 0.1) is 28.6 Å². The summed E-state index contributed by atoms with van der Waals surface area (Å²) in [6.07, 6.45) is -4.70. The molecule has 0 bridgehead atoms. The summed E-state index contributed by atoms with van der Waals surface area (Å²) in [5, 5.41) is 43.2. The third-order valence-corrected chi connectivity index (χ3v) is 6.31. The van der Waals surface area contributed by atoms with Gasteiger partial charge in [-0.15, -0.1) is 0 Å². The van der Waals surface area contributed by atoms with Gasteiger partial charge in [0.2, 0.25) is 0 Å². The van der Waals surface area contributed by atoms with Gasteiger partial charge in [0.15, 0.2) is 0 Å². The van der Waals surface area contributed by atoms with Crippen molar-refractivity contribution in [2.24, 2.45) is 5.92 Å². The summed E-state index contributed by atoms with van der Waals surface area (Å²) in [6, 6.07) is 11.3. The Bertz CT molecular complexity index is 1100. The van der Waals surface area contributed by atoms with Crippen LogP contribution in [0.4, 0.5) is 18.9 Å². The molecular formula is C23H20F3N3O3. The molecule has 0 radical (unpaired) electrons. The van der Waals surface area contributed by atoms with Crippen LogP contribution in [0.1, 0.15) is 35.1 Å². The minimum absolute atomic E-state index is 0.227. The molecule has 0 aromatic heterocycles. The van der Waals surface area contributed by atoms with E-state index in [0.29, 0.717) is 29.0 Å². The van der Waals surface area contributed by atoms with Gasteiger partial charge in [-0.25, -0.2) is 0 Å². The molecular weight excluding hydrogens is 423 g/mol. The van der Waals surface area contributed by atoms with Gasteiger partial charge in [0.25, 0.3) is 0 Å². The fraction of sp³-hybridized carbons (Fsp3) is 0.391. The third kappa shape index (κ3) is 3.86. The van der Waals surface area contributed by atoms with Crippen molar-refractivity contribution in [1.82, 2.24) is 0 Å². The zero-order valence-electron chi connectivity index (χ0n) is 16.9. The van der Waals surface area contributed by atoms with E-state index in [-0.39, 0.29) is 25.4 Å². The molecule has 2 aromatic carbocycles. The quantitative estimate of drug-likeness (QED) is 0.671. The van der Waals surface area contributed by atoms with Crippen molar-refractivity contribution in [3.8, 4) is 17.9 Å². The summed E-state index contributed by atoms with van der Waals surface area (Å²) in [6.45, 7) is -0.255. The lowest BCUT2D eigenvalue weighted by molar-refractivity contribution is -0.142. The minimum Gasteiger partial charge on any atom is -0.490 e. The number of anilines is 1. The molecule has 4 rings (SSSR count). The molecule has 1 aliphatic carbocycles. The first-order valence-electron chi connectivity index (χ1n) is 10.1. The molecule has 9 heteroatoms. The Morgan fingerprint density at radius 2 is 1.84 bits per heavy atom. The van der Waals surface area contributed by atoms with E-state index in [1.54, 1.807) is 30.3 Å². The van der Waals surface area contributed by atoms with Gasteiger partial charge in [0.05, 0.1) is 41.0 Å². The lowest BCUT2D eigenvalue weighted by atomic mass is 9.68. The zero-order chi connectivity index (χ0) is 23.1. The molecule has 4 atom stereocenters. The molecule has 1 saturated carbocycles. The largest absolute Gasteiger partial charge is 0.490 e. The minimum atomic E-state index is -4.64. The number of benzene rings is 2. The summed E-state index contributed by atoms with van der Waals surface area (Å²) in [5.74, 6) is 0.180. The number of fused-ring (bicyclic) bond motifs is 2. The summed E-state index contributed by atoms with van der Waals surface area (Å²) in [7, 11) is 0. The van der Waals surface area contributed by atoms with Crippen LogP contribution in [0.3, 0.4) is 0 Å². The van der Waals surface area contributed by atoms with E-state index in [2.05, 4.69) is 5.32 Å². The summed E-state index contributed by atoms with van der Waals surface area (Å²) in [4.78, 5) is 0. The molecule has 166 valence electrons. The molecule has 1 aliphatic heterocycles. The average Bonchev–Trinajstić information content (AvgIpc) is 2.78. The van der Waals surface area contributed by atoms with Crippen LogP contribution in [0.25, 0.3) is 0 Å². The normalized spacial score (nSPS) is 26.7. The van der Waals surface area contributed by atoms with Crippen LogP contribution in [0.5, 0.6) is 5.75 Å². The van der Waals surface area contributed by atoms with Crippen molar-refractivity contribution in [1.29, 1.82) is 10.5 Å². The van der Waals surface area contributed by atoms with Gasteiger partial charge in [-0.3, -0.25) is 0 Å². The number of alkyl halides is 3. The van der Waals surface area contributed by atoms with E-state index in [4.69, 9.17) is 10.00 Å². The number of halogens is 3. The number of nitrogens with zero attached hydrogens (tertiary/aromatic N) is 2. The topological polar surface area (TPSA) is 109 Å². The van der Waals surface area contributed by atoms with Crippen molar-refractivity contribution in [3.63, 3.8) is 0 Å². The SMILES string of the molecule is N#Cc1ccc(OCC2(O)C(O)CCC3Cc4cc(C(F)(F)F)c(C#N)cc4NC32)cc1. The Morgan fingerprint density at radius 1 is 1.12 bits per heavy atom. The van der Waals surface area contributed by atoms with E-state index in [1.165, 1.54) is 0 Å². The number of nitrogens with one attached hydrogen (secondary N) is 1. The highest BCUT2D eigenvalue weighted by Crippen LogP contribution is 2.44. The summed E-state index contributed by atoms with van der Waals surface area (Å²) < 4.78 is 45.7. The molecule has 2 aromatic rings. The highest BCUT2D eigenvalue weighted by atomic mass is 19.4. The summed E-state index contributed by atoms with van der Waals surface area (Å²) >= 11 is 0. The summed E-state index contributed by atoms with van der Waals surface area (Å²) in [5.41, 5.74) is -1.98. The first-order chi connectivity index (χ1) is 15.2. The van der Waals surface area contributed by atoms with E-state index in [0.717, 1.165) is 12.1 Å². The van der Waals surface area contributed by atoms with Gasteiger partial charge >= 0.3 is 6.18 Å². The lowest BCUT2D eigenvalue weighted by Gasteiger charge is -2.50. The molecule has 1 heterocycles. The molecule has 3 N–H and O–H groups in total. The van der Waals surface area contributed by atoms with Crippen LogP contribution >= 0.6 is 0 Å². The fourth-order valence-corrected chi connectivity index (χ4v) is 4.60. The van der Waals surface area contributed by atoms with Crippen LogP contribution in [-0.2, 0) is 12.6 Å². The lowest BCUT2D eigenvalue weighted by Crippen LogP contribution is -2.65. The maximum absolute atomic E-state index is 13.3. The second-order valence-electron chi connectivity index (χ2n) is 8.26. The highest BCUT2D eigenvalue weighted by molar-refractivity contribution is 5.62. The second-order valence-corrected chi connectivity index (χ2v) is 8.26. The molecule has 32 heavy (non-hydrogen) atoms. The van der Waals surface area contributed by atoms with Crippen molar-refractivity contribution < 1.29 is 28.1 Å². The molecule has 0 amide bonds. The Kier molecular flexibility index (Phi) is 5.49. The van der Waals surface area contributed by atoms with Gasteiger partial charge < -0.3 is 20.3 Å². The predicted molar refractivity (Wildman–Crippen MR) is 108 cm³/mol. The van der Waals surface area contributed by atoms with E-state index >= 15 is 0 Å². The number of rotatable bonds is 3. The number of nitriles is 2. The van der Waals surface area contributed by atoms with Crippen molar-refractivity contribution in [2.45, 2.75) is 43.2 Å². The van der Waals surface area contributed by atoms with Crippen molar-refractivity contribution in [3.05, 3.63) is 58.7 Å². The molecule has 1 fully saturated rings. The monoisotopic (exact) mass is 443 g/mol. The number of aliphatic hydroxyl groups excluding tert-OH is 1. The van der Waals surface area contributed by atoms with Crippen LogP contribution in [-0.4, -0.2) is 34.6 Å². The first kappa shape index (κ1) is 21.9. The second kappa shape index (κ2) is 8.01. The van der Waals surface area contributed by atoms with Gasteiger partial charge in [-0.05, 0) is 67.1 Å². The van der Waals surface area contributed by atoms with Gasteiger partial charge in [-0.1, -0.05) is 0 Å². The maximum atomic E-state index is 13.3. The smallest absolute Gasteiger partial charge is 0.417 e. The molecule has 4 unspecified atom stereocenters. The average molecular weight is 443 g/mol. The molecule has 6 nitrogen and oxygen atoms in total. The van der Waals surface area contributed by atoms with Crippen LogP contribution in [0.15, 0.2) is 36.4 Å². The highest BCUT2D eigenvalue weighted by Gasteiger charge is 2.52. The van der Waals surface area contributed by atoms with Crippen molar-refractivity contribution in [2.75, 3.05) is 11.9 Å². The van der Waals surface area contributed by atoms with Gasteiger partial charge in [-0.2, -0.15) is 23.7 Å².